The van der Waals surface area contributed by atoms with Gasteiger partial charge in [0, 0.05) is 12.1 Å². The summed E-state index contributed by atoms with van der Waals surface area (Å²) in [5, 5.41) is 15.0. The van der Waals surface area contributed by atoms with E-state index in [2.05, 4.69) is 34.8 Å². The summed E-state index contributed by atoms with van der Waals surface area (Å²) in [4.78, 5) is 10.2. The van der Waals surface area contributed by atoms with E-state index < -0.39 is 4.92 Å². The summed E-state index contributed by atoms with van der Waals surface area (Å²) >= 11 is 0. The molecule has 0 saturated heterocycles. The second-order valence-corrected chi connectivity index (χ2v) is 5.56. The Kier molecular flexibility index (Phi) is 4.85. The second-order valence-electron chi connectivity index (χ2n) is 5.56. The summed E-state index contributed by atoms with van der Waals surface area (Å²) < 4.78 is 0. The number of anilines is 1. The van der Waals surface area contributed by atoms with Gasteiger partial charge in [0.2, 0.25) is 0 Å². The van der Waals surface area contributed by atoms with E-state index >= 15 is 0 Å². The summed E-state index contributed by atoms with van der Waals surface area (Å²) in [6.07, 6.45) is 0. The molecule has 124 valence electrons. The average Bonchev–Trinajstić information content (AvgIpc) is 2.67. The zero-order valence-corrected chi connectivity index (χ0v) is 13.7. The predicted molar refractivity (Wildman–Crippen MR) is 101 cm³/mol. The van der Waals surface area contributed by atoms with Crippen molar-refractivity contribution in [3.63, 3.8) is 0 Å². The van der Waals surface area contributed by atoms with Gasteiger partial charge in [-0.05, 0) is 35.7 Å². The maximum Gasteiger partial charge on any atom is 0.269 e. The largest absolute Gasteiger partial charge is 0.278 e. The van der Waals surface area contributed by atoms with Crippen LogP contribution in [-0.2, 0) is 0 Å². The molecule has 0 fully saturated rings. The first-order valence-electron chi connectivity index (χ1n) is 7.84. The van der Waals surface area contributed by atoms with Crippen LogP contribution in [-0.4, -0.2) is 10.6 Å². The van der Waals surface area contributed by atoms with Gasteiger partial charge in [0.25, 0.3) is 5.69 Å². The molecule has 0 spiro atoms. The highest BCUT2D eigenvalue weighted by atomic mass is 16.6. The molecule has 3 aromatic rings. The number of nitro groups is 1. The van der Waals surface area contributed by atoms with E-state index in [4.69, 9.17) is 0 Å². The number of rotatable bonds is 5. The third-order valence-corrected chi connectivity index (χ3v) is 3.84. The molecule has 1 N–H and O–H groups in total. The molecule has 25 heavy (non-hydrogen) atoms. The zero-order chi connectivity index (χ0) is 17.6. The molecule has 0 atom stereocenters. The van der Waals surface area contributed by atoms with Crippen LogP contribution in [0.1, 0.15) is 12.5 Å². The first-order chi connectivity index (χ1) is 12.1. The van der Waals surface area contributed by atoms with Crippen molar-refractivity contribution < 1.29 is 4.92 Å². The quantitative estimate of drug-likeness (QED) is 0.402. The van der Waals surface area contributed by atoms with E-state index in [-0.39, 0.29) is 5.69 Å². The number of benzene rings is 3. The number of non-ortho nitro benzene ring substituents is 1. The smallest absolute Gasteiger partial charge is 0.269 e. The zero-order valence-electron chi connectivity index (χ0n) is 13.7. The lowest BCUT2D eigenvalue weighted by Gasteiger charge is -2.06. The van der Waals surface area contributed by atoms with E-state index in [0.29, 0.717) is 5.69 Å². The molecular weight excluding hydrogens is 314 g/mol. The van der Waals surface area contributed by atoms with Gasteiger partial charge in [0.1, 0.15) is 0 Å². The number of hydrogen-bond donors (Lipinski definition) is 1. The summed E-state index contributed by atoms with van der Waals surface area (Å²) in [7, 11) is 0. The van der Waals surface area contributed by atoms with Gasteiger partial charge in [0.05, 0.1) is 16.3 Å². The molecule has 0 aliphatic carbocycles. The average molecular weight is 331 g/mol. The van der Waals surface area contributed by atoms with Crippen LogP contribution in [0.4, 0.5) is 11.4 Å². The fourth-order valence-corrected chi connectivity index (χ4v) is 2.41. The van der Waals surface area contributed by atoms with Crippen LogP contribution in [0.2, 0.25) is 0 Å². The SMILES string of the molecule is C/C(=N/Nc1ccc([N+](=O)[O-])cc1)c1ccc(-c2ccccc2)cc1. The van der Waals surface area contributed by atoms with Crippen molar-refractivity contribution in [2.75, 3.05) is 5.43 Å². The fourth-order valence-electron chi connectivity index (χ4n) is 2.41. The van der Waals surface area contributed by atoms with Crippen LogP contribution in [0.5, 0.6) is 0 Å². The monoisotopic (exact) mass is 331 g/mol. The van der Waals surface area contributed by atoms with Crippen molar-refractivity contribution in [2.24, 2.45) is 5.10 Å². The Labute approximate surface area is 145 Å². The summed E-state index contributed by atoms with van der Waals surface area (Å²) in [6.45, 7) is 1.91. The van der Waals surface area contributed by atoms with Gasteiger partial charge < -0.3 is 0 Å². The molecular formula is C20H17N3O2. The Morgan fingerprint density at radius 3 is 2.08 bits per heavy atom. The van der Waals surface area contributed by atoms with E-state index in [1.54, 1.807) is 12.1 Å². The van der Waals surface area contributed by atoms with Gasteiger partial charge >= 0.3 is 0 Å². The predicted octanol–water partition coefficient (Wildman–Crippen LogP) is 5.10. The van der Waals surface area contributed by atoms with Crippen molar-refractivity contribution in [2.45, 2.75) is 6.92 Å². The molecule has 3 rings (SSSR count). The van der Waals surface area contributed by atoms with Crippen LogP contribution in [0.25, 0.3) is 11.1 Å². The molecule has 0 saturated carbocycles. The number of hydrogen-bond acceptors (Lipinski definition) is 4. The van der Waals surface area contributed by atoms with Crippen LogP contribution in [0.3, 0.4) is 0 Å². The number of nitrogens with one attached hydrogen (secondary N) is 1. The molecule has 0 unspecified atom stereocenters. The topological polar surface area (TPSA) is 67.5 Å². The van der Waals surface area contributed by atoms with Crippen molar-refractivity contribution in [3.8, 4) is 11.1 Å². The summed E-state index contributed by atoms with van der Waals surface area (Å²) in [5.74, 6) is 0. The van der Waals surface area contributed by atoms with E-state index in [1.165, 1.54) is 17.7 Å². The minimum Gasteiger partial charge on any atom is -0.278 e. The molecule has 0 amide bonds. The highest BCUT2D eigenvalue weighted by molar-refractivity contribution is 5.99. The molecule has 0 radical (unpaired) electrons. The Hall–Kier alpha value is -3.47. The van der Waals surface area contributed by atoms with Crippen LogP contribution in [0, 0.1) is 10.1 Å². The Morgan fingerprint density at radius 2 is 1.48 bits per heavy atom. The van der Waals surface area contributed by atoms with Gasteiger partial charge in [-0.1, -0.05) is 54.6 Å². The van der Waals surface area contributed by atoms with E-state index in [0.717, 1.165) is 16.8 Å². The van der Waals surface area contributed by atoms with E-state index in [9.17, 15) is 10.1 Å². The van der Waals surface area contributed by atoms with Gasteiger partial charge in [-0.25, -0.2) is 0 Å². The lowest BCUT2D eigenvalue weighted by atomic mass is 10.0. The minimum absolute atomic E-state index is 0.0581. The number of nitro benzene ring substituents is 1. The van der Waals surface area contributed by atoms with Crippen molar-refractivity contribution in [3.05, 3.63) is 94.5 Å². The molecule has 3 aromatic carbocycles. The maximum absolute atomic E-state index is 10.7. The van der Waals surface area contributed by atoms with Crippen LogP contribution < -0.4 is 5.43 Å². The first kappa shape index (κ1) is 16.4. The second kappa shape index (κ2) is 7.40. The Balaban J connectivity index is 1.70. The van der Waals surface area contributed by atoms with Gasteiger partial charge in [-0.2, -0.15) is 5.10 Å². The normalized spacial score (nSPS) is 11.2. The lowest BCUT2D eigenvalue weighted by molar-refractivity contribution is -0.384. The first-order valence-corrected chi connectivity index (χ1v) is 7.84. The Bertz CT molecular complexity index is 886. The third-order valence-electron chi connectivity index (χ3n) is 3.84. The number of hydrazone groups is 1. The molecule has 0 bridgehead atoms. The molecule has 0 aliphatic rings. The fraction of sp³-hybridized carbons (Fsp3) is 0.0500. The molecule has 0 aromatic heterocycles. The summed E-state index contributed by atoms with van der Waals surface area (Å²) in [6, 6.07) is 24.5. The standard InChI is InChI=1S/C20H17N3O2/c1-15(21-22-19-11-13-20(14-12-19)23(24)25)16-7-9-18(10-8-16)17-5-3-2-4-6-17/h2-14,22H,1H3/b21-15-. The molecule has 5 nitrogen and oxygen atoms in total. The summed E-state index contributed by atoms with van der Waals surface area (Å²) in [5.41, 5.74) is 7.85. The van der Waals surface area contributed by atoms with Crippen LogP contribution in [0.15, 0.2) is 84.0 Å². The van der Waals surface area contributed by atoms with Gasteiger partial charge in [-0.3, -0.25) is 15.5 Å². The maximum atomic E-state index is 10.7. The molecule has 5 heteroatoms. The van der Waals surface area contributed by atoms with Crippen LogP contribution >= 0.6 is 0 Å². The lowest BCUT2D eigenvalue weighted by Crippen LogP contribution is -1.99. The Morgan fingerprint density at radius 1 is 0.880 bits per heavy atom. The highest BCUT2D eigenvalue weighted by Crippen LogP contribution is 2.20. The van der Waals surface area contributed by atoms with Crippen molar-refractivity contribution >= 4 is 17.1 Å². The molecule has 0 aliphatic heterocycles. The van der Waals surface area contributed by atoms with Gasteiger partial charge in [0.15, 0.2) is 0 Å². The van der Waals surface area contributed by atoms with E-state index in [1.807, 2.05) is 37.3 Å². The van der Waals surface area contributed by atoms with Crippen molar-refractivity contribution in [1.82, 2.24) is 0 Å². The highest BCUT2D eigenvalue weighted by Gasteiger charge is 2.04. The molecule has 0 heterocycles. The minimum atomic E-state index is -0.424. The number of nitrogens with zero attached hydrogens (tertiary/aromatic N) is 2. The van der Waals surface area contributed by atoms with Crippen molar-refractivity contribution in [1.29, 1.82) is 0 Å². The van der Waals surface area contributed by atoms with Gasteiger partial charge in [-0.15, -0.1) is 0 Å². The third kappa shape index (κ3) is 4.09.